The highest BCUT2D eigenvalue weighted by atomic mass is 32.2. The normalized spacial score (nSPS) is 11.1. The van der Waals surface area contributed by atoms with Gasteiger partial charge in [0, 0.05) is 11.5 Å². The molecular weight excluding hydrogens is 404 g/mol. The monoisotopic (exact) mass is 426 g/mol. The molecule has 0 saturated heterocycles. The highest BCUT2D eigenvalue weighted by Crippen LogP contribution is 2.34. The van der Waals surface area contributed by atoms with E-state index in [4.69, 9.17) is 0 Å². The molecule has 0 aliphatic rings. The van der Waals surface area contributed by atoms with Crippen LogP contribution in [0.15, 0.2) is 101 Å². The molecule has 0 aliphatic carbocycles. The van der Waals surface area contributed by atoms with Crippen molar-refractivity contribution in [3.8, 4) is 0 Å². The lowest BCUT2D eigenvalue weighted by molar-refractivity contribution is 0.604. The van der Waals surface area contributed by atoms with Gasteiger partial charge in [-0.3, -0.25) is 0 Å². The maximum Gasteiger partial charge on any atom is 0.177 e. The molecule has 5 heteroatoms. The highest BCUT2D eigenvalue weighted by molar-refractivity contribution is 8.22. The second kappa shape index (κ2) is 10.6. The Morgan fingerprint density at radius 1 is 0.643 bits per heavy atom. The molecule has 0 heterocycles. The summed E-state index contributed by atoms with van der Waals surface area (Å²) in [7, 11) is -3.35. The predicted octanol–water partition coefficient (Wildman–Crippen LogP) is 6.27. The Morgan fingerprint density at radius 2 is 1.04 bits per heavy atom. The second-order valence-corrected chi connectivity index (χ2v) is 10.4. The fourth-order valence-corrected chi connectivity index (χ4v) is 6.71. The average Bonchev–Trinajstić information content (AvgIpc) is 2.72. The van der Waals surface area contributed by atoms with E-state index >= 15 is 0 Å². The van der Waals surface area contributed by atoms with Gasteiger partial charge in [-0.15, -0.1) is 23.5 Å². The van der Waals surface area contributed by atoms with Crippen LogP contribution in [0.1, 0.15) is 16.7 Å². The van der Waals surface area contributed by atoms with Gasteiger partial charge < -0.3 is 0 Å². The minimum Gasteiger partial charge on any atom is -0.224 e. The van der Waals surface area contributed by atoms with Crippen LogP contribution in [0.2, 0.25) is 0 Å². The van der Waals surface area contributed by atoms with Crippen molar-refractivity contribution in [1.82, 2.24) is 0 Å². The Morgan fingerprint density at radius 3 is 1.46 bits per heavy atom. The van der Waals surface area contributed by atoms with Gasteiger partial charge in [-0.05, 0) is 16.7 Å². The van der Waals surface area contributed by atoms with Gasteiger partial charge in [0.1, 0.15) is 0 Å². The van der Waals surface area contributed by atoms with Gasteiger partial charge in [0.05, 0.1) is 15.4 Å². The number of benzene rings is 3. The molecule has 2 nitrogen and oxygen atoms in total. The molecule has 0 radical (unpaired) electrons. The van der Waals surface area contributed by atoms with Crippen LogP contribution in [0.25, 0.3) is 0 Å². The number of hydrogen-bond donors (Lipinski definition) is 0. The molecule has 0 amide bonds. The van der Waals surface area contributed by atoms with E-state index in [0.29, 0.717) is 0 Å². The third-order valence-corrected chi connectivity index (χ3v) is 8.03. The quantitative estimate of drug-likeness (QED) is 0.404. The van der Waals surface area contributed by atoms with E-state index in [0.717, 1.165) is 21.3 Å². The van der Waals surface area contributed by atoms with Crippen molar-refractivity contribution in [2.24, 2.45) is 0 Å². The number of thioether (sulfide) groups is 2. The first-order valence-corrected chi connectivity index (χ1v) is 12.6. The fourth-order valence-electron chi connectivity index (χ4n) is 2.56. The lowest BCUT2D eigenvalue weighted by Gasteiger charge is -2.09. The Labute approximate surface area is 176 Å². The summed E-state index contributed by atoms with van der Waals surface area (Å²) in [5, 5.41) is 1.45. The van der Waals surface area contributed by atoms with Crippen LogP contribution in [-0.2, 0) is 27.1 Å². The molecule has 144 valence electrons. The van der Waals surface area contributed by atoms with Crippen molar-refractivity contribution in [2.45, 2.75) is 17.3 Å². The Hall–Kier alpha value is -1.95. The molecule has 3 aromatic carbocycles. The molecule has 0 N–H and O–H groups in total. The van der Waals surface area contributed by atoms with E-state index in [1.54, 1.807) is 23.5 Å². The van der Waals surface area contributed by atoms with Crippen molar-refractivity contribution < 1.29 is 8.42 Å². The van der Waals surface area contributed by atoms with E-state index in [9.17, 15) is 8.42 Å². The number of hydrogen-bond acceptors (Lipinski definition) is 4. The lowest BCUT2D eigenvalue weighted by Crippen LogP contribution is -2.00. The van der Waals surface area contributed by atoms with Crippen LogP contribution in [0.5, 0.6) is 0 Å². The summed E-state index contributed by atoms with van der Waals surface area (Å²) < 4.78 is 26.3. The summed E-state index contributed by atoms with van der Waals surface area (Å²) in [5.74, 6) is 1.51. The van der Waals surface area contributed by atoms with E-state index in [-0.39, 0.29) is 5.75 Å². The molecule has 3 aromatic rings. The fraction of sp³-hybridized carbons (Fsp3) is 0.130. The molecule has 3 rings (SSSR count). The lowest BCUT2D eigenvalue weighted by atomic mass is 10.2. The highest BCUT2D eigenvalue weighted by Gasteiger charge is 2.12. The van der Waals surface area contributed by atoms with Crippen molar-refractivity contribution in [1.29, 1.82) is 0 Å². The van der Waals surface area contributed by atoms with E-state index in [1.807, 2.05) is 66.7 Å². The number of sulfone groups is 1. The van der Waals surface area contributed by atoms with Gasteiger partial charge in [-0.25, -0.2) is 8.42 Å². The molecule has 0 atom stereocenters. The van der Waals surface area contributed by atoms with Crippen molar-refractivity contribution in [2.75, 3.05) is 0 Å². The first-order chi connectivity index (χ1) is 13.6. The topological polar surface area (TPSA) is 34.1 Å². The maximum atomic E-state index is 12.7. The van der Waals surface area contributed by atoms with Crippen molar-refractivity contribution in [3.63, 3.8) is 0 Å². The summed E-state index contributed by atoms with van der Waals surface area (Å²) in [4.78, 5) is 0. The Kier molecular flexibility index (Phi) is 7.83. The van der Waals surface area contributed by atoms with Gasteiger partial charge in [-0.2, -0.15) is 0 Å². The molecule has 28 heavy (non-hydrogen) atoms. The molecular formula is C23H22O2S3. The molecule has 0 bridgehead atoms. The van der Waals surface area contributed by atoms with Crippen LogP contribution in [0.4, 0.5) is 0 Å². The average molecular weight is 427 g/mol. The third-order valence-electron chi connectivity index (χ3n) is 3.93. The molecule has 0 fully saturated rings. The molecule has 0 unspecified atom stereocenters. The van der Waals surface area contributed by atoms with Crippen LogP contribution >= 0.6 is 23.5 Å². The van der Waals surface area contributed by atoms with Gasteiger partial charge in [0.25, 0.3) is 0 Å². The van der Waals surface area contributed by atoms with Crippen LogP contribution in [-0.4, -0.2) is 8.42 Å². The molecule has 0 saturated carbocycles. The molecule has 0 aromatic heterocycles. The summed E-state index contributed by atoms with van der Waals surface area (Å²) in [5.41, 5.74) is 3.16. The van der Waals surface area contributed by atoms with Crippen molar-refractivity contribution in [3.05, 3.63) is 117 Å². The largest absolute Gasteiger partial charge is 0.224 e. The summed E-state index contributed by atoms with van der Waals surface area (Å²) in [6, 6.07) is 29.5. The van der Waals surface area contributed by atoms with Gasteiger partial charge >= 0.3 is 0 Å². The first kappa shape index (κ1) is 20.8. The zero-order valence-corrected chi connectivity index (χ0v) is 17.8. The smallest absolute Gasteiger partial charge is 0.177 e. The van der Waals surface area contributed by atoms with Gasteiger partial charge in [-0.1, -0.05) is 91.0 Å². The molecule has 0 aliphatic heterocycles. The Balaban J connectivity index is 1.74. The number of rotatable bonds is 9. The van der Waals surface area contributed by atoms with Crippen LogP contribution in [0.3, 0.4) is 0 Å². The second-order valence-electron chi connectivity index (χ2n) is 6.28. The zero-order valence-electron chi connectivity index (χ0n) is 15.4. The maximum absolute atomic E-state index is 12.7. The van der Waals surface area contributed by atoms with Crippen LogP contribution in [0, 0.1) is 0 Å². The van der Waals surface area contributed by atoms with E-state index in [2.05, 4.69) is 24.3 Å². The van der Waals surface area contributed by atoms with E-state index in [1.165, 1.54) is 16.5 Å². The molecule has 0 spiro atoms. The van der Waals surface area contributed by atoms with Crippen molar-refractivity contribution >= 4 is 33.4 Å². The van der Waals surface area contributed by atoms with E-state index < -0.39 is 9.84 Å². The zero-order chi connectivity index (χ0) is 19.7. The summed E-state index contributed by atoms with van der Waals surface area (Å²) in [6.07, 6.45) is 0. The summed E-state index contributed by atoms with van der Waals surface area (Å²) >= 11 is 3.15. The van der Waals surface area contributed by atoms with Crippen LogP contribution < -0.4 is 0 Å². The minimum atomic E-state index is -3.35. The SMILES string of the molecule is O=S(=O)(C=C(SCc1ccccc1)SCc1ccccc1)Cc1ccccc1. The van der Waals surface area contributed by atoms with Gasteiger partial charge in [0.15, 0.2) is 9.84 Å². The van der Waals surface area contributed by atoms with Gasteiger partial charge in [0.2, 0.25) is 0 Å². The Bertz CT molecular complexity index is 938. The standard InChI is InChI=1S/C23H22O2S3/c24-28(25,18-22-14-8-3-9-15-22)19-23(26-16-20-10-4-1-5-11-20)27-17-21-12-6-2-7-13-21/h1-15,19H,16-18H2. The minimum absolute atomic E-state index is 0.0230. The predicted molar refractivity (Wildman–Crippen MR) is 123 cm³/mol. The summed E-state index contributed by atoms with van der Waals surface area (Å²) in [6.45, 7) is 0. The third kappa shape index (κ3) is 7.23. The first-order valence-electron chi connectivity index (χ1n) is 8.92.